The highest BCUT2D eigenvalue weighted by atomic mass is 16.5. The molecule has 4 atom stereocenters. The molecule has 1 aliphatic heterocycles. The average Bonchev–Trinajstić information content (AvgIpc) is 2.83. The Morgan fingerprint density at radius 1 is 1.39 bits per heavy atom. The van der Waals surface area contributed by atoms with E-state index in [4.69, 9.17) is 10.6 Å². The molecule has 3 N–H and O–H groups in total. The Kier molecular flexibility index (Phi) is 4.64. The first-order valence-corrected chi connectivity index (χ1v) is 7.31. The second kappa shape index (κ2) is 5.87. The highest BCUT2D eigenvalue weighted by Gasteiger charge is 2.47. The van der Waals surface area contributed by atoms with Crippen molar-refractivity contribution in [2.24, 2.45) is 17.7 Å². The van der Waals surface area contributed by atoms with Gasteiger partial charge in [-0.25, -0.2) is 0 Å². The first-order chi connectivity index (χ1) is 8.60. The van der Waals surface area contributed by atoms with Crippen molar-refractivity contribution in [1.82, 2.24) is 10.3 Å². The second-order valence-corrected chi connectivity index (χ2v) is 6.47. The minimum Gasteiger partial charge on any atom is -0.381 e. The van der Waals surface area contributed by atoms with Crippen molar-refractivity contribution >= 4 is 0 Å². The van der Waals surface area contributed by atoms with Crippen LogP contribution in [0.2, 0.25) is 0 Å². The molecule has 1 aliphatic carbocycles. The van der Waals surface area contributed by atoms with Gasteiger partial charge in [0.05, 0.1) is 6.61 Å². The van der Waals surface area contributed by atoms with Crippen molar-refractivity contribution in [3.05, 3.63) is 0 Å². The van der Waals surface area contributed by atoms with Crippen molar-refractivity contribution in [3.63, 3.8) is 0 Å². The van der Waals surface area contributed by atoms with Gasteiger partial charge in [-0.3, -0.25) is 11.3 Å². The van der Waals surface area contributed by atoms with Gasteiger partial charge in [0.1, 0.15) is 0 Å². The predicted molar refractivity (Wildman–Crippen MR) is 74.1 cm³/mol. The lowest BCUT2D eigenvalue weighted by Gasteiger charge is -2.51. The Morgan fingerprint density at radius 3 is 2.67 bits per heavy atom. The smallest absolute Gasteiger partial charge is 0.0511 e. The summed E-state index contributed by atoms with van der Waals surface area (Å²) in [5.41, 5.74) is 3.33. The lowest BCUT2D eigenvalue weighted by Crippen LogP contribution is -2.65. The zero-order chi connectivity index (χ0) is 13.2. The summed E-state index contributed by atoms with van der Waals surface area (Å²) in [5, 5.41) is 0. The Labute approximate surface area is 111 Å². The van der Waals surface area contributed by atoms with Gasteiger partial charge in [-0.2, -0.15) is 0 Å². The van der Waals surface area contributed by atoms with Crippen molar-refractivity contribution < 1.29 is 4.74 Å². The van der Waals surface area contributed by atoms with Gasteiger partial charge < -0.3 is 9.64 Å². The number of nitrogens with one attached hydrogen (secondary N) is 1. The van der Waals surface area contributed by atoms with Crippen molar-refractivity contribution in [1.29, 1.82) is 0 Å². The molecule has 0 amide bonds. The van der Waals surface area contributed by atoms with Crippen molar-refractivity contribution in [2.45, 2.75) is 50.6 Å². The molecule has 1 saturated heterocycles. The molecule has 0 aromatic rings. The normalized spacial score (nSPS) is 39.2. The van der Waals surface area contributed by atoms with Crippen LogP contribution >= 0.6 is 0 Å². The summed E-state index contributed by atoms with van der Waals surface area (Å²) < 4.78 is 5.57. The fourth-order valence-electron chi connectivity index (χ4n) is 4.08. The van der Waals surface area contributed by atoms with Crippen LogP contribution in [0.5, 0.6) is 0 Å². The van der Waals surface area contributed by atoms with Gasteiger partial charge in [-0.05, 0) is 39.3 Å². The number of hydrazine groups is 1. The minimum atomic E-state index is 0.199. The maximum absolute atomic E-state index is 5.92. The minimum absolute atomic E-state index is 0.199. The molecule has 0 aromatic carbocycles. The van der Waals surface area contributed by atoms with Crippen LogP contribution in [0.3, 0.4) is 0 Å². The predicted octanol–water partition coefficient (Wildman–Crippen LogP) is 1.37. The van der Waals surface area contributed by atoms with E-state index >= 15 is 0 Å². The molecule has 4 nitrogen and oxygen atoms in total. The molecule has 0 aromatic heterocycles. The summed E-state index contributed by atoms with van der Waals surface area (Å²) in [6, 6.07) is 0.345. The standard InChI is InChI=1S/C14H29N3O/c1-11-5-4-7-14(9-11,17(2)3)13(16-15)12-6-8-18-10-12/h11-13,16H,4-10,15H2,1-3H3. The molecule has 0 spiro atoms. The van der Waals surface area contributed by atoms with Crippen LogP contribution in [0, 0.1) is 11.8 Å². The average molecular weight is 255 g/mol. The number of hydrogen-bond donors (Lipinski definition) is 2. The van der Waals surface area contributed by atoms with E-state index in [2.05, 4.69) is 31.3 Å². The van der Waals surface area contributed by atoms with Gasteiger partial charge in [-0.15, -0.1) is 0 Å². The Balaban J connectivity index is 2.20. The number of ether oxygens (including phenoxy) is 1. The molecular formula is C14H29N3O. The van der Waals surface area contributed by atoms with Gasteiger partial charge in [0.15, 0.2) is 0 Å². The van der Waals surface area contributed by atoms with E-state index in [0.29, 0.717) is 12.0 Å². The molecule has 106 valence electrons. The number of rotatable bonds is 4. The lowest BCUT2D eigenvalue weighted by molar-refractivity contribution is 0.0131. The van der Waals surface area contributed by atoms with Crippen molar-refractivity contribution in [3.8, 4) is 0 Å². The molecule has 2 fully saturated rings. The van der Waals surface area contributed by atoms with Crippen LogP contribution in [0.15, 0.2) is 0 Å². The molecular weight excluding hydrogens is 226 g/mol. The topological polar surface area (TPSA) is 50.5 Å². The van der Waals surface area contributed by atoms with Crippen LogP contribution in [0.4, 0.5) is 0 Å². The zero-order valence-electron chi connectivity index (χ0n) is 12.1. The number of hydrogen-bond acceptors (Lipinski definition) is 4. The summed E-state index contributed by atoms with van der Waals surface area (Å²) in [6.07, 6.45) is 6.29. The second-order valence-electron chi connectivity index (χ2n) is 6.47. The van der Waals surface area contributed by atoms with E-state index in [1.54, 1.807) is 0 Å². The monoisotopic (exact) mass is 255 g/mol. The van der Waals surface area contributed by atoms with Crippen LogP contribution in [-0.4, -0.2) is 43.8 Å². The first kappa shape index (κ1) is 14.3. The molecule has 1 saturated carbocycles. The largest absolute Gasteiger partial charge is 0.381 e. The quantitative estimate of drug-likeness (QED) is 0.588. The molecule has 0 bridgehead atoms. The van der Waals surface area contributed by atoms with E-state index in [1.165, 1.54) is 25.7 Å². The highest BCUT2D eigenvalue weighted by Crippen LogP contribution is 2.41. The summed E-state index contributed by atoms with van der Waals surface area (Å²) in [5.74, 6) is 7.27. The molecule has 2 aliphatic rings. The van der Waals surface area contributed by atoms with Crippen LogP contribution < -0.4 is 11.3 Å². The maximum Gasteiger partial charge on any atom is 0.0511 e. The van der Waals surface area contributed by atoms with E-state index in [9.17, 15) is 0 Å². The maximum atomic E-state index is 5.92. The van der Waals surface area contributed by atoms with E-state index in [1.807, 2.05) is 0 Å². The van der Waals surface area contributed by atoms with Crippen LogP contribution in [0.25, 0.3) is 0 Å². The van der Waals surface area contributed by atoms with Gasteiger partial charge >= 0.3 is 0 Å². The van der Waals surface area contributed by atoms with Gasteiger partial charge in [0, 0.05) is 24.1 Å². The molecule has 1 heterocycles. The van der Waals surface area contributed by atoms with E-state index in [-0.39, 0.29) is 5.54 Å². The Bertz CT molecular complexity index is 266. The first-order valence-electron chi connectivity index (χ1n) is 7.31. The molecule has 2 rings (SSSR count). The third-order valence-corrected chi connectivity index (χ3v) is 5.09. The molecule has 4 heteroatoms. The summed E-state index contributed by atoms with van der Waals surface area (Å²) >= 11 is 0. The van der Waals surface area contributed by atoms with Gasteiger partial charge in [0.25, 0.3) is 0 Å². The van der Waals surface area contributed by atoms with E-state index in [0.717, 1.165) is 25.6 Å². The SMILES string of the molecule is CC1CCCC(C(NN)C2CCOC2)(N(C)C)C1. The fraction of sp³-hybridized carbons (Fsp3) is 1.00. The third kappa shape index (κ3) is 2.57. The Morgan fingerprint density at radius 2 is 2.17 bits per heavy atom. The van der Waals surface area contributed by atoms with Gasteiger partial charge in [0.2, 0.25) is 0 Å². The Hall–Kier alpha value is -0.160. The van der Waals surface area contributed by atoms with Crippen molar-refractivity contribution in [2.75, 3.05) is 27.3 Å². The van der Waals surface area contributed by atoms with E-state index < -0.39 is 0 Å². The molecule has 4 unspecified atom stereocenters. The molecule has 0 radical (unpaired) electrons. The lowest BCUT2D eigenvalue weighted by atomic mass is 9.68. The summed E-state index contributed by atoms with van der Waals surface area (Å²) in [4.78, 5) is 2.41. The summed E-state index contributed by atoms with van der Waals surface area (Å²) in [6.45, 7) is 4.12. The number of likely N-dealkylation sites (N-methyl/N-ethyl adjacent to an activating group) is 1. The van der Waals surface area contributed by atoms with Crippen LogP contribution in [-0.2, 0) is 4.74 Å². The van der Waals surface area contributed by atoms with Crippen LogP contribution in [0.1, 0.15) is 39.0 Å². The summed E-state index contributed by atoms with van der Waals surface area (Å²) in [7, 11) is 4.41. The van der Waals surface area contributed by atoms with Gasteiger partial charge in [-0.1, -0.05) is 19.8 Å². The fourth-order valence-corrected chi connectivity index (χ4v) is 4.08. The number of nitrogens with zero attached hydrogens (tertiary/aromatic N) is 1. The third-order valence-electron chi connectivity index (χ3n) is 5.09. The molecule has 18 heavy (non-hydrogen) atoms. The zero-order valence-corrected chi connectivity index (χ0v) is 12.1. The highest BCUT2D eigenvalue weighted by molar-refractivity contribution is 5.04. The number of nitrogens with two attached hydrogens (primary N) is 1.